The fourth-order valence-corrected chi connectivity index (χ4v) is 2.85. The van der Waals surface area contributed by atoms with Gasteiger partial charge in [-0.2, -0.15) is 0 Å². The fraction of sp³-hybridized carbons (Fsp3) is 0.217. The van der Waals surface area contributed by atoms with Crippen LogP contribution in [-0.4, -0.2) is 47.7 Å². The van der Waals surface area contributed by atoms with Gasteiger partial charge in [0, 0.05) is 24.3 Å². The first kappa shape index (κ1) is 21.9. The van der Waals surface area contributed by atoms with Crippen LogP contribution in [0.2, 0.25) is 0 Å². The smallest absolute Gasteiger partial charge is 0.328 e. The van der Waals surface area contributed by atoms with E-state index < -0.39 is 11.9 Å². The number of hydrogen-bond acceptors (Lipinski definition) is 4. The van der Waals surface area contributed by atoms with Crippen LogP contribution in [0.15, 0.2) is 66.8 Å². The van der Waals surface area contributed by atoms with Crippen molar-refractivity contribution < 1.29 is 24.5 Å². The number of hydrogen-bond donors (Lipinski definition) is 2. The van der Waals surface area contributed by atoms with Gasteiger partial charge in [-0.25, -0.2) is 9.59 Å². The Kier molecular flexibility index (Phi) is 8.18. The number of nitrogens with zero attached hydrogens (tertiary/aromatic N) is 1. The van der Waals surface area contributed by atoms with Crippen molar-refractivity contribution in [1.29, 1.82) is 0 Å². The van der Waals surface area contributed by atoms with Crippen molar-refractivity contribution in [3.8, 4) is 5.75 Å². The van der Waals surface area contributed by atoms with Gasteiger partial charge in [-0.05, 0) is 43.3 Å². The molecule has 0 unspecified atom stereocenters. The summed E-state index contributed by atoms with van der Waals surface area (Å²) >= 11 is 0. The van der Waals surface area contributed by atoms with Crippen LogP contribution >= 0.6 is 0 Å². The van der Waals surface area contributed by atoms with Crippen LogP contribution in [0, 0.1) is 0 Å². The molecule has 1 aliphatic rings. The molecule has 0 bridgehead atoms. The number of carboxylic acids is 2. The van der Waals surface area contributed by atoms with Crippen molar-refractivity contribution in [3.63, 3.8) is 0 Å². The molecule has 3 rings (SSSR count). The summed E-state index contributed by atoms with van der Waals surface area (Å²) in [5.74, 6) is -1.54. The van der Waals surface area contributed by atoms with E-state index in [1.165, 1.54) is 22.3 Å². The van der Waals surface area contributed by atoms with Gasteiger partial charge in [-0.3, -0.25) is 0 Å². The third-order valence-electron chi connectivity index (χ3n) is 4.16. The summed E-state index contributed by atoms with van der Waals surface area (Å²) in [7, 11) is 4.22. The van der Waals surface area contributed by atoms with E-state index in [1.807, 2.05) is 6.07 Å². The van der Waals surface area contributed by atoms with E-state index in [9.17, 15) is 9.59 Å². The molecule has 2 aromatic carbocycles. The summed E-state index contributed by atoms with van der Waals surface area (Å²) in [4.78, 5) is 21.3. The van der Waals surface area contributed by atoms with Gasteiger partial charge in [0.1, 0.15) is 12.4 Å². The highest BCUT2D eigenvalue weighted by Crippen LogP contribution is 2.36. The SMILES string of the molecule is CN(C)CCC=C1c2ccccc2COc2ccccc21.O=C(O)C=CC(=O)O. The minimum Gasteiger partial charge on any atom is -0.488 e. The molecule has 0 amide bonds. The van der Waals surface area contributed by atoms with E-state index in [1.54, 1.807) is 0 Å². The van der Waals surface area contributed by atoms with Crippen molar-refractivity contribution in [1.82, 2.24) is 4.90 Å². The van der Waals surface area contributed by atoms with Crippen LogP contribution in [0.25, 0.3) is 5.57 Å². The molecule has 0 radical (unpaired) electrons. The molecular formula is C23H25NO5. The molecular weight excluding hydrogens is 370 g/mol. The number of fused-ring (bicyclic) bond motifs is 2. The molecule has 0 saturated heterocycles. The van der Waals surface area contributed by atoms with E-state index in [2.05, 4.69) is 67.5 Å². The molecule has 6 heteroatoms. The van der Waals surface area contributed by atoms with Crippen molar-refractivity contribution in [2.24, 2.45) is 0 Å². The van der Waals surface area contributed by atoms with Crippen molar-refractivity contribution in [3.05, 3.63) is 83.4 Å². The zero-order valence-corrected chi connectivity index (χ0v) is 16.5. The summed E-state index contributed by atoms with van der Waals surface area (Å²) in [5, 5.41) is 15.6. The number of rotatable bonds is 5. The molecule has 152 valence electrons. The van der Waals surface area contributed by atoms with Crippen molar-refractivity contribution in [2.45, 2.75) is 13.0 Å². The average Bonchev–Trinajstić information content (AvgIpc) is 2.84. The molecule has 0 fully saturated rings. The minimum atomic E-state index is -1.26. The Hall–Kier alpha value is -3.38. The van der Waals surface area contributed by atoms with Gasteiger partial charge in [0.25, 0.3) is 0 Å². The van der Waals surface area contributed by atoms with Gasteiger partial charge in [0.05, 0.1) is 0 Å². The predicted molar refractivity (Wildman–Crippen MR) is 112 cm³/mol. The second-order valence-electron chi connectivity index (χ2n) is 6.66. The first-order valence-corrected chi connectivity index (χ1v) is 9.17. The highest BCUT2D eigenvalue weighted by Gasteiger charge is 2.17. The normalized spacial score (nSPS) is 13.7. The van der Waals surface area contributed by atoms with E-state index >= 15 is 0 Å². The molecule has 2 aromatic rings. The lowest BCUT2D eigenvalue weighted by Gasteiger charge is -2.12. The van der Waals surface area contributed by atoms with Gasteiger partial charge in [-0.1, -0.05) is 48.5 Å². The highest BCUT2D eigenvalue weighted by molar-refractivity contribution is 5.89. The summed E-state index contributed by atoms with van der Waals surface area (Å²) in [5.41, 5.74) is 5.03. The Morgan fingerprint density at radius 2 is 1.55 bits per heavy atom. The Morgan fingerprint density at radius 3 is 2.17 bits per heavy atom. The molecule has 1 aliphatic heterocycles. The molecule has 2 N–H and O–H groups in total. The number of carboxylic acid groups (broad SMARTS) is 2. The lowest BCUT2D eigenvalue weighted by atomic mass is 9.93. The second-order valence-corrected chi connectivity index (χ2v) is 6.66. The third kappa shape index (κ3) is 6.93. The maximum absolute atomic E-state index is 9.55. The summed E-state index contributed by atoms with van der Waals surface area (Å²) < 4.78 is 5.98. The fourth-order valence-electron chi connectivity index (χ4n) is 2.85. The van der Waals surface area contributed by atoms with Crippen molar-refractivity contribution >= 4 is 17.5 Å². The largest absolute Gasteiger partial charge is 0.488 e. The van der Waals surface area contributed by atoms with Crippen LogP contribution in [0.3, 0.4) is 0 Å². The number of ether oxygens (including phenoxy) is 1. The Morgan fingerprint density at radius 1 is 0.966 bits per heavy atom. The number of benzene rings is 2. The summed E-state index contributed by atoms with van der Waals surface area (Å²) in [6.07, 6.45) is 4.49. The zero-order chi connectivity index (χ0) is 21.2. The standard InChI is InChI=1S/C19H21NO.C4H4O4/c1-20(2)13-7-11-17-16-9-4-3-8-15(16)14-21-19-12-6-5-10-18(17)19;5-3(6)1-2-4(7)8/h3-6,8-12H,7,13-14H2,1-2H3;1-2H,(H,5,6)(H,7,8). The van der Waals surface area contributed by atoms with E-state index in [0.29, 0.717) is 18.8 Å². The van der Waals surface area contributed by atoms with Gasteiger partial charge in [-0.15, -0.1) is 0 Å². The average molecular weight is 395 g/mol. The number of aliphatic carboxylic acids is 2. The molecule has 6 nitrogen and oxygen atoms in total. The molecule has 29 heavy (non-hydrogen) atoms. The first-order valence-electron chi connectivity index (χ1n) is 9.17. The monoisotopic (exact) mass is 395 g/mol. The molecule has 0 aromatic heterocycles. The van der Waals surface area contributed by atoms with Gasteiger partial charge >= 0.3 is 11.9 Å². The maximum Gasteiger partial charge on any atom is 0.328 e. The van der Waals surface area contributed by atoms with Crippen LogP contribution in [0.1, 0.15) is 23.1 Å². The van der Waals surface area contributed by atoms with E-state index in [0.717, 1.165) is 18.7 Å². The molecule has 0 saturated carbocycles. The predicted octanol–water partition coefficient (Wildman–Crippen LogP) is 3.67. The summed E-state index contributed by atoms with van der Waals surface area (Å²) in [6.45, 7) is 1.69. The van der Waals surface area contributed by atoms with Gasteiger partial charge < -0.3 is 19.8 Å². The molecule has 1 heterocycles. The van der Waals surface area contributed by atoms with Crippen LogP contribution < -0.4 is 4.74 Å². The maximum atomic E-state index is 9.55. The Bertz CT molecular complexity index is 849. The molecule has 0 spiro atoms. The number of carbonyl (C=O) groups is 2. The van der Waals surface area contributed by atoms with Gasteiger partial charge in [0.2, 0.25) is 0 Å². The molecule has 0 atom stereocenters. The second kappa shape index (κ2) is 10.8. The summed E-state index contributed by atoms with van der Waals surface area (Å²) in [6, 6.07) is 16.9. The Balaban J connectivity index is 0.000000321. The van der Waals surface area contributed by atoms with E-state index in [-0.39, 0.29) is 0 Å². The first-order chi connectivity index (χ1) is 13.9. The van der Waals surface area contributed by atoms with Crippen LogP contribution in [-0.2, 0) is 16.2 Å². The quantitative estimate of drug-likeness (QED) is 0.751. The lowest BCUT2D eigenvalue weighted by molar-refractivity contribution is -0.134. The topological polar surface area (TPSA) is 87.1 Å². The highest BCUT2D eigenvalue weighted by atomic mass is 16.5. The number of para-hydroxylation sites is 1. The van der Waals surface area contributed by atoms with Crippen molar-refractivity contribution in [2.75, 3.05) is 20.6 Å². The van der Waals surface area contributed by atoms with Gasteiger partial charge in [0.15, 0.2) is 0 Å². The Labute approximate surface area is 170 Å². The van der Waals surface area contributed by atoms with E-state index in [4.69, 9.17) is 14.9 Å². The zero-order valence-electron chi connectivity index (χ0n) is 16.5. The third-order valence-corrected chi connectivity index (χ3v) is 4.16. The minimum absolute atomic E-state index is 0.558. The molecule has 0 aliphatic carbocycles. The lowest BCUT2D eigenvalue weighted by Crippen LogP contribution is -2.12. The van der Waals surface area contributed by atoms with Crippen LogP contribution in [0.4, 0.5) is 0 Å². The van der Waals surface area contributed by atoms with Crippen LogP contribution in [0.5, 0.6) is 5.75 Å².